The van der Waals surface area contributed by atoms with E-state index in [-0.39, 0.29) is 31.8 Å². The zero-order valence-corrected chi connectivity index (χ0v) is 12.1. The van der Waals surface area contributed by atoms with E-state index in [1.807, 2.05) is 0 Å². The van der Waals surface area contributed by atoms with Crippen molar-refractivity contribution < 1.29 is 40.4 Å². The van der Waals surface area contributed by atoms with E-state index in [2.05, 4.69) is 11.3 Å². The predicted octanol–water partition coefficient (Wildman–Crippen LogP) is 1.38. The molecular weight excluding hydrogens is 317 g/mol. The van der Waals surface area contributed by atoms with Gasteiger partial charge in [-0.25, -0.2) is 26.4 Å². The minimum Gasteiger partial charge on any atom is -0.746 e. The molecule has 0 saturated carbocycles. The summed E-state index contributed by atoms with van der Waals surface area (Å²) >= 11 is 0. The minimum absolute atomic E-state index is 0.0660. The number of halogens is 3. The molecule has 0 spiro atoms. The van der Waals surface area contributed by atoms with Crippen molar-refractivity contribution in [3.8, 4) is 0 Å². The van der Waals surface area contributed by atoms with E-state index in [9.17, 15) is 30.9 Å². The minimum atomic E-state index is -5.70. The van der Waals surface area contributed by atoms with Crippen molar-refractivity contribution in [2.45, 2.75) is 31.2 Å². The van der Waals surface area contributed by atoms with Crippen LogP contribution in [-0.2, 0) is 24.4 Å². The van der Waals surface area contributed by atoms with Gasteiger partial charge in [0.1, 0.15) is 16.7 Å². The topological polar surface area (TPSA) is 92.7 Å². The van der Waals surface area contributed by atoms with Gasteiger partial charge in [-0.2, -0.15) is 0 Å². The quantitative estimate of drug-likeness (QED) is 0.259. The molecule has 1 unspecified atom stereocenters. The first-order valence-corrected chi connectivity index (χ1v) is 7.32. The fourth-order valence-corrected chi connectivity index (χ4v) is 1.69. The summed E-state index contributed by atoms with van der Waals surface area (Å²) < 4.78 is 78.7. The summed E-state index contributed by atoms with van der Waals surface area (Å²) in [6, 6.07) is 0. The first-order valence-electron chi connectivity index (χ1n) is 5.85. The molecule has 0 aromatic heterocycles. The van der Waals surface area contributed by atoms with Crippen LogP contribution >= 0.6 is 0 Å². The second-order valence-electron chi connectivity index (χ2n) is 4.20. The van der Waals surface area contributed by atoms with Crippen LogP contribution in [-0.4, -0.2) is 50.2 Å². The number of hydrogen-bond acceptors (Lipinski definition) is 6. The van der Waals surface area contributed by atoms with Crippen LogP contribution in [0.15, 0.2) is 12.2 Å². The van der Waals surface area contributed by atoms with Crippen LogP contribution in [0.2, 0.25) is 0 Å². The number of alkyl halides is 3. The Labute approximate surface area is 120 Å². The molecule has 0 saturated heterocycles. The van der Waals surface area contributed by atoms with Gasteiger partial charge in [-0.1, -0.05) is 6.58 Å². The first kappa shape index (κ1) is 19.9. The van der Waals surface area contributed by atoms with Gasteiger partial charge in [-0.05, 0) is 13.3 Å². The molecule has 0 aliphatic heterocycles. The average molecular weight is 333 g/mol. The molecule has 0 fully saturated rings. The fraction of sp³-hybridized carbons (Fsp3) is 0.727. The summed E-state index contributed by atoms with van der Waals surface area (Å²) in [4.78, 5) is 10.9. The number of hydrogen-bond donors (Lipinski definition) is 0. The second kappa shape index (κ2) is 8.35. The van der Waals surface area contributed by atoms with Crippen LogP contribution in [0, 0.1) is 0 Å². The number of esters is 1. The van der Waals surface area contributed by atoms with E-state index in [4.69, 9.17) is 4.74 Å². The van der Waals surface area contributed by atoms with E-state index in [1.54, 1.807) is 0 Å². The third-order valence-electron chi connectivity index (χ3n) is 2.19. The van der Waals surface area contributed by atoms with Crippen LogP contribution < -0.4 is 0 Å². The normalized spacial score (nSPS) is 13.8. The molecule has 10 heteroatoms. The zero-order valence-electron chi connectivity index (χ0n) is 11.3. The van der Waals surface area contributed by atoms with Gasteiger partial charge in [0.25, 0.3) is 11.4 Å². The Morgan fingerprint density at radius 1 is 1.33 bits per heavy atom. The predicted molar refractivity (Wildman–Crippen MR) is 65.4 cm³/mol. The third-order valence-corrected chi connectivity index (χ3v) is 3.05. The second-order valence-corrected chi connectivity index (χ2v) is 5.60. The van der Waals surface area contributed by atoms with Gasteiger partial charge in [-0.3, -0.25) is 0 Å². The molecule has 0 aromatic rings. The van der Waals surface area contributed by atoms with Crippen LogP contribution in [0.25, 0.3) is 0 Å². The van der Waals surface area contributed by atoms with Crippen LogP contribution in [0.4, 0.5) is 13.2 Å². The van der Waals surface area contributed by atoms with Crippen molar-refractivity contribution >= 4 is 16.1 Å². The molecule has 0 bridgehead atoms. The van der Waals surface area contributed by atoms with Crippen molar-refractivity contribution in [1.29, 1.82) is 0 Å². The highest BCUT2D eigenvalue weighted by Crippen LogP contribution is 2.29. The fourth-order valence-electron chi connectivity index (χ4n) is 1.15. The summed E-state index contributed by atoms with van der Waals surface area (Å²) in [5.41, 5.74) is -3.58. The standard InChI is InChI=1S/C11H17F3O6S/c1-8(2)9(15)20-7-6-19-5-3-4-11(13,14)10(12)21(16,17)18/h10H,1,3-7H2,2H3,(H,16,17,18)/p-1. The number of carbonyl (C=O) groups is 1. The largest absolute Gasteiger partial charge is 0.746 e. The lowest BCUT2D eigenvalue weighted by Gasteiger charge is -2.22. The summed E-state index contributed by atoms with van der Waals surface area (Å²) in [7, 11) is -5.70. The Hall–Kier alpha value is -1.13. The number of carbonyl (C=O) groups excluding carboxylic acids is 1. The molecule has 0 heterocycles. The molecule has 6 nitrogen and oxygen atoms in total. The molecule has 0 radical (unpaired) electrons. The third kappa shape index (κ3) is 8.02. The first-order chi connectivity index (χ1) is 9.48. The highest BCUT2D eigenvalue weighted by Gasteiger charge is 2.43. The Morgan fingerprint density at radius 3 is 2.38 bits per heavy atom. The van der Waals surface area contributed by atoms with Crippen molar-refractivity contribution in [3.63, 3.8) is 0 Å². The molecule has 0 aromatic carbocycles. The van der Waals surface area contributed by atoms with Gasteiger partial charge < -0.3 is 14.0 Å². The van der Waals surface area contributed by atoms with Crippen molar-refractivity contribution in [1.82, 2.24) is 0 Å². The lowest BCUT2D eigenvalue weighted by Crippen LogP contribution is -2.36. The highest BCUT2D eigenvalue weighted by atomic mass is 32.2. The lowest BCUT2D eigenvalue weighted by atomic mass is 10.2. The van der Waals surface area contributed by atoms with Gasteiger partial charge >= 0.3 is 5.97 Å². The van der Waals surface area contributed by atoms with Crippen LogP contribution in [0.1, 0.15) is 19.8 Å². The van der Waals surface area contributed by atoms with Crippen LogP contribution in [0.3, 0.4) is 0 Å². The van der Waals surface area contributed by atoms with Gasteiger partial charge in [0, 0.05) is 18.6 Å². The molecular formula is C11H16F3O6S-. The molecule has 0 aliphatic carbocycles. The maximum Gasteiger partial charge on any atom is 0.333 e. The van der Waals surface area contributed by atoms with E-state index in [0.717, 1.165) is 0 Å². The molecule has 124 valence electrons. The SMILES string of the molecule is C=C(C)C(=O)OCCOCCCC(F)(F)C(F)S(=O)(=O)[O-]. The van der Waals surface area contributed by atoms with E-state index in [1.165, 1.54) is 6.92 Å². The van der Waals surface area contributed by atoms with E-state index < -0.39 is 33.9 Å². The molecule has 0 rings (SSSR count). The van der Waals surface area contributed by atoms with Crippen molar-refractivity contribution in [2.75, 3.05) is 19.8 Å². The van der Waals surface area contributed by atoms with Gasteiger partial charge in [-0.15, -0.1) is 0 Å². The molecule has 0 amide bonds. The number of ether oxygens (including phenoxy) is 2. The van der Waals surface area contributed by atoms with E-state index in [0.29, 0.717) is 0 Å². The summed E-state index contributed by atoms with van der Waals surface area (Å²) in [6.07, 6.45) is -1.52. The number of rotatable bonds is 10. The zero-order chi connectivity index (χ0) is 16.7. The summed E-state index contributed by atoms with van der Waals surface area (Å²) in [6.45, 7) is 4.38. The van der Waals surface area contributed by atoms with Gasteiger partial charge in [0.05, 0.1) is 6.61 Å². The smallest absolute Gasteiger partial charge is 0.333 e. The van der Waals surface area contributed by atoms with Crippen molar-refractivity contribution in [2.24, 2.45) is 0 Å². The van der Waals surface area contributed by atoms with Gasteiger partial charge in [0.15, 0.2) is 0 Å². The molecule has 1 atom stereocenters. The van der Waals surface area contributed by atoms with Crippen LogP contribution in [0.5, 0.6) is 0 Å². The Bertz CT molecular complexity index is 463. The Kier molecular flexibility index (Phi) is 7.90. The van der Waals surface area contributed by atoms with Crippen molar-refractivity contribution in [3.05, 3.63) is 12.2 Å². The Balaban J connectivity index is 3.86. The molecule has 0 N–H and O–H groups in total. The van der Waals surface area contributed by atoms with E-state index >= 15 is 0 Å². The van der Waals surface area contributed by atoms with Gasteiger partial charge in [0.2, 0.25) is 0 Å². The maximum absolute atomic E-state index is 13.0. The molecule has 0 aliphatic rings. The monoisotopic (exact) mass is 333 g/mol. The maximum atomic E-state index is 13.0. The Morgan fingerprint density at radius 2 is 1.90 bits per heavy atom. The summed E-state index contributed by atoms with van der Waals surface area (Å²) in [5.74, 6) is -4.89. The lowest BCUT2D eigenvalue weighted by molar-refractivity contribution is -0.140. The summed E-state index contributed by atoms with van der Waals surface area (Å²) in [5, 5.41) is 0. The molecule has 21 heavy (non-hydrogen) atoms. The average Bonchev–Trinajstić information content (AvgIpc) is 2.35. The highest BCUT2D eigenvalue weighted by molar-refractivity contribution is 7.86.